The summed E-state index contributed by atoms with van der Waals surface area (Å²) < 4.78 is 0. The van der Waals surface area contributed by atoms with E-state index in [0.717, 1.165) is 18.0 Å². The Morgan fingerprint density at radius 2 is 1.55 bits per heavy atom. The van der Waals surface area contributed by atoms with Crippen molar-refractivity contribution in [1.82, 2.24) is 0 Å². The minimum absolute atomic E-state index is 0.299. The molecule has 1 heteroatoms. The number of fused-ring (bicyclic) bond motifs is 1. The first-order chi connectivity index (χ1) is 16.2. The SMILES string of the molecule is C=C(Nc1ccccc1Cc1ccccc1C)C(CC1CCC1)c1cccc2ccccc12. The molecule has 1 atom stereocenters. The molecule has 0 aromatic heterocycles. The Morgan fingerprint density at radius 1 is 0.848 bits per heavy atom. The lowest BCUT2D eigenvalue weighted by Gasteiger charge is -2.32. The summed E-state index contributed by atoms with van der Waals surface area (Å²) in [7, 11) is 0. The molecule has 4 aromatic carbocycles. The molecule has 0 saturated heterocycles. The van der Waals surface area contributed by atoms with E-state index in [1.807, 2.05) is 0 Å². The van der Waals surface area contributed by atoms with Gasteiger partial charge in [0.1, 0.15) is 0 Å². The fraction of sp³-hybridized carbons (Fsp3) is 0.250. The molecule has 33 heavy (non-hydrogen) atoms. The first-order valence-electron chi connectivity index (χ1n) is 12.2. The fourth-order valence-electron chi connectivity index (χ4n) is 5.14. The molecule has 0 aliphatic heterocycles. The Bertz CT molecular complexity index is 1260. The normalized spacial score (nSPS) is 14.6. The van der Waals surface area contributed by atoms with Crippen molar-refractivity contribution in [3.8, 4) is 0 Å². The molecule has 1 saturated carbocycles. The second kappa shape index (κ2) is 9.67. The molecule has 166 valence electrons. The molecule has 1 fully saturated rings. The molecule has 5 rings (SSSR count). The molecule has 0 bridgehead atoms. The van der Waals surface area contributed by atoms with Crippen LogP contribution in [-0.4, -0.2) is 0 Å². The zero-order valence-electron chi connectivity index (χ0n) is 19.6. The van der Waals surface area contributed by atoms with Gasteiger partial charge < -0.3 is 5.32 Å². The molecule has 1 aliphatic rings. The van der Waals surface area contributed by atoms with Gasteiger partial charge in [-0.2, -0.15) is 0 Å². The summed E-state index contributed by atoms with van der Waals surface area (Å²) in [4.78, 5) is 0. The Hall–Kier alpha value is -3.32. The highest BCUT2D eigenvalue weighted by atomic mass is 14.9. The fourth-order valence-corrected chi connectivity index (χ4v) is 5.14. The highest BCUT2D eigenvalue weighted by Gasteiger charge is 2.26. The third-order valence-electron chi connectivity index (χ3n) is 7.37. The maximum atomic E-state index is 4.60. The molecular formula is C32H33N. The number of hydrogen-bond donors (Lipinski definition) is 1. The zero-order chi connectivity index (χ0) is 22.6. The monoisotopic (exact) mass is 431 g/mol. The van der Waals surface area contributed by atoms with Gasteiger partial charge in [0.25, 0.3) is 0 Å². The van der Waals surface area contributed by atoms with Crippen molar-refractivity contribution in [2.24, 2.45) is 5.92 Å². The van der Waals surface area contributed by atoms with Crippen molar-refractivity contribution < 1.29 is 0 Å². The van der Waals surface area contributed by atoms with Crippen LogP contribution in [-0.2, 0) is 6.42 Å². The predicted octanol–water partition coefficient (Wildman–Crippen LogP) is 8.64. The van der Waals surface area contributed by atoms with E-state index in [1.165, 1.54) is 64.4 Å². The maximum absolute atomic E-state index is 4.60. The van der Waals surface area contributed by atoms with Gasteiger partial charge in [0, 0.05) is 17.3 Å². The van der Waals surface area contributed by atoms with E-state index in [4.69, 9.17) is 0 Å². The van der Waals surface area contributed by atoms with Crippen LogP contribution < -0.4 is 5.32 Å². The summed E-state index contributed by atoms with van der Waals surface area (Å²) in [6.45, 7) is 6.79. The summed E-state index contributed by atoms with van der Waals surface area (Å²) in [6, 6.07) is 32.8. The predicted molar refractivity (Wildman–Crippen MR) is 142 cm³/mol. The van der Waals surface area contributed by atoms with Gasteiger partial charge in [-0.25, -0.2) is 0 Å². The molecule has 1 nitrogen and oxygen atoms in total. The van der Waals surface area contributed by atoms with Crippen molar-refractivity contribution in [3.05, 3.63) is 126 Å². The van der Waals surface area contributed by atoms with E-state index in [2.05, 4.69) is 110 Å². The molecule has 0 heterocycles. The van der Waals surface area contributed by atoms with Crippen LogP contribution in [0, 0.1) is 12.8 Å². The molecule has 1 aliphatic carbocycles. The van der Waals surface area contributed by atoms with Gasteiger partial charge >= 0.3 is 0 Å². The van der Waals surface area contributed by atoms with E-state index in [1.54, 1.807) is 0 Å². The van der Waals surface area contributed by atoms with E-state index < -0.39 is 0 Å². The Balaban J connectivity index is 1.46. The lowest BCUT2D eigenvalue weighted by Crippen LogP contribution is -2.19. The van der Waals surface area contributed by atoms with Crippen LogP contribution in [0.5, 0.6) is 0 Å². The summed E-state index contributed by atoms with van der Waals surface area (Å²) in [5, 5.41) is 6.43. The van der Waals surface area contributed by atoms with Crippen LogP contribution in [0.3, 0.4) is 0 Å². The molecule has 0 spiro atoms. The smallest absolute Gasteiger partial charge is 0.0417 e. The van der Waals surface area contributed by atoms with Crippen molar-refractivity contribution >= 4 is 16.5 Å². The van der Waals surface area contributed by atoms with Crippen molar-refractivity contribution in [2.75, 3.05) is 5.32 Å². The van der Waals surface area contributed by atoms with Crippen LogP contribution >= 0.6 is 0 Å². The molecule has 0 radical (unpaired) electrons. The van der Waals surface area contributed by atoms with Gasteiger partial charge in [-0.1, -0.05) is 111 Å². The van der Waals surface area contributed by atoms with Crippen LogP contribution in [0.15, 0.2) is 103 Å². The molecule has 0 amide bonds. The minimum atomic E-state index is 0.299. The van der Waals surface area contributed by atoms with Crippen molar-refractivity contribution in [2.45, 2.75) is 44.9 Å². The quantitative estimate of drug-likeness (QED) is 0.294. The van der Waals surface area contributed by atoms with Gasteiger partial charge in [0.15, 0.2) is 0 Å². The summed E-state index contributed by atoms with van der Waals surface area (Å²) >= 11 is 0. The standard InChI is InChI=1S/C32H33N/c1-23-11-3-4-15-27(23)22-28-16-6-8-20-32(28)33-24(2)31(21-25-12-9-13-25)30-19-10-17-26-14-5-7-18-29(26)30/h3-8,10-11,14-20,25,31,33H,2,9,12-13,21-22H2,1H3. The van der Waals surface area contributed by atoms with Gasteiger partial charge in [-0.05, 0) is 64.8 Å². The first kappa shape index (κ1) is 21.5. The maximum Gasteiger partial charge on any atom is 0.0417 e. The largest absolute Gasteiger partial charge is 0.359 e. The first-order valence-corrected chi connectivity index (χ1v) is 12.2. The van der Waals surface area contributed by atoms with Crippen LogP contribution in [0.1, 0.15) is 53.9 Å². The lowest BCUT2D eigenvalue weighted by molar-refractivity contribution is 0.285. The summed E-state index contributed by atoms with van der Waals surface area (Å²) in [5.41, 5.74) is 7.70. The average Bonchev–Trinajstić information content (AvgIpc) is 2.81. The third kappa shape index (κ3) is 4.73. The highest BCUT2D eigenvalue weighted by Crippen LogP contribution is 2.41. The van der Waals surface area contributed by atoms with Crippen LogP contribution in [0.4, 0.5) is 5.69 Å². The molecular weight excluding hydrogens is 398 g/mol. The molecule has 4 aromatic rings. The van der Waals surface area contributed by atoms with Crippen molar-refractivity contribution in [1.29, 1.82) is 0 Å². The second-order valence-corrected chi connectivity index (χ2v) is 9.56. The third-order valence-corrected chi connectivity index (χ3v) is 7.37. The summed E-state index contributed by atoms with van der Waals surface area (Å²) in [5.74, 6) is 1.10. The summed E-state index contributed by atoms with van der Waals surface area (Å²) in [6.07, 6.45) is 6.15. The number of hydrogen-bond acceptors (Lipinski definition) is 1. The van der Waals surface area contributed by atoms with Crippen molar-refractivity contribution in [3.63, 3.8) is 0 Å². The topological polar surface area (TPSA) is 12.0 Å². The van der Waals surface area contributed by atoms with E-state index in [9.17, 15) is 0 Å². The molecule has 1 unspecified atom stereocenters. The van der Waals surface area contributed by atoms with Crippen LogP contribution in [0.25, 0.3) is 10.8 Å². The van der Waals surface area contributed by atoms with Crippen LogP contribution in [0.2, 0.25) is 0 Å². The number of allylic oxidation sites excluding steroid dienone is 1. The Kier molecular flexibility index (Phi) is 6.30. The zero-order valence-corrected chi connectivity index (χ0v) is 19.6. The second-order valence-electron chi connectivity index (χ2n) is 9.56. The molecule has 1 N–H and O–H groups in total. The Labute approximate surface area is 198 Å². The Morgan fingerprint density at radius 3 is 2.33 bits per heavy atom. The number of nitrogens with one attached hydrogen (secondary N) is 1. The number of para-hydroxylation sites is 1. The number of benzene rings is 4. The lowest BCUT2D eigenvalue weighted by atomic mass is 9.75. The van der Waals surface area contributed by atoms with E-state index >= 15 is 0 Å². The number of anilines is 1. The number of rotatable bonds is 8. The van der Waals surface area contributed by atoms with Gasteiger partial charge in [-0.15, -0.1) is 0 Å². The van der Waals surface area contributed by atoms with Gasteiger partial charge in [0.2, 0.25) is 0 Å². The number of aryl methyl sites for hydroxylation is 1. The average molecular weight is 432 g/mol. The van der Waals surface area contributed by atoms with Gasteiger partial charge in [0.05, 0.1) is 0 Å². The highest BCUT2D eigenvalue weighted by molar-refractivity contribution is 5.86. The minimum Gasteiger partial charge on any atom is -0.359 e. The van der Waals surface area contributed by atoms with Gasteiger partial charge in [-0.3, -0.25) is 0 Å². The van der Waals surface area contributed by atoms with E-state index in [-0.39, 0.29) is 0 Å². The van der Waals surface area contributed by atoms with E-state index in [0.29, 0.717) is 5.92 Å².